The fourth-order valence-electron chi connectivity index (χ4n) is 2.65. The number of pyridine rings is 1. The number of ether oxygens (including phenoxy) is 1. The number of halogens is 1. The Bertz CT molecular complexity index is 940. The number of nitrogens with zero attached hydrogens (tertiary/aromatic N) is 1. The third-order valence-corrected chi connectivity index (χ3v) is 4.49. The Morgan fingerprint density at radius 1 is 1.11 bits per heavy atom. The van der Waals surface area contributed by atoms with Gasteiger partial charge in [0.2, 0.25) is 5.91 Å². The quantitative estimate of drug-likeness (QED) is 0.562. The lowest BCUT2D eigenvalue weighted by atomic mass is 10.1. The van der Waals surface area contributed by atoms with Gasteiger partial charge in [0.1, 0.15) is 12.4 Å². The molecule has 1 unspecified atom stereocenters. The Labute approximate surface area is 169 Å². The van der Waals surface area contributed by atoms with Crippen LogP contribution in [0.15, 0.2) is 79.0 Å². The zero-order valence-electron chi connectivity index (χ0n) is 15.5. The van der Waals surface area contributed by atoms with E-state index in [0.29, 0.717) is 11.6 Å². The van der Waals surface area contributed by atoms with Crippen molar-refractivity contribution >= 4 is 23.6 Å². The lowest BCUT2D eigenvalue weighted by Gasteiger charge is -2.14. The SMILES string of the molecule is CC(NC(=O)/C=C/c1ccc(OCc2ccccn2)cc1)c1ccccc1Cl. The number of benzene rings is 2. The van der Waals surface area contributed by atoms with Crippen molar-refractivity contribution in [2.45, 2.75) is 19.6 Å². The van der Waals surface area contributed by atoms with Crippen LogP contribution < -0.4 is 10.1 Å². The topological polar surface area (TPSA) is 51.2 Å². The molecule has 1 N–H and O–H groups in total. The molecule has 3 rings (SSSR count). The van der Waals surface area contributed by atoms with Gasteiger partial charge in [-0.2, -0.15) is 0 Å². The van der Waals surface area contributed by atoms with Gasteiger partial charge < -0.3 is 10.1 Å². The maximum atomic E-state index is 12.2. The number of amides is 1. The van der Waals surface area contributed by atoms with Crippen LogP contribution in [0.1, 0.15) is 29.8 Å². The predicted molar refractivity (Wildman–Crippen MR) is 112 cm³/mol. The molecule has 2 aromatic carbocycles. The molecule has 0 saturated heterocycles. The van der Waals surface area contributed by atoms with Crippen LogP contribution in [0.2, 0.25) is 5.02 Å². The number of rotatable bonds is 7. The van der Waals surface area contributed by atoms with Gasteiger partial charge >= 0.3 is 0 Å². The smallest absolute Gasteiger partial charge is 0.244 e. The van der Waals surface area contributed by atoms with Crippen LogP contribution in [0.4, 0.5) is 0 Å². The molecule has 28 heavy (non-hydrogen) atoms. The summed E-state index contributed by atoms with van der Waals surface area (Å²) in [6.07, 6.45) is 5.01. The highest BCUT2D eigenvalue weighted by Crippen LogP contribution is 2.22. The van der Waals surface area contributed by atoms with Crippen LogP contribution in [0.25, 0.3) is 6.08 Å². The summed E-state index contributed by atoms with van der Waals surface area (Å²) in [6, 6.07) is 20.6. The first-order chi connectivity index (χ1) is 13.6. The van der Waals surface area contributed by atoms with Gasteiger partial charge in [-0.25, -0.2) is 0 Å². The number of hydrogen-bond donors (Lipinski definition) is 1. The summed E-state index contributed by atoms with van der Waals surface area (Å²) in [5.41, 5.74) is 2.67. The largest absolute Gasteiger partial charge is 0.487 e. The maximum Gasteiger partial charge on any atom is 0.244 e. The number of hydrogen-bond acceptors (Lipinski definition) is 3. The molecule has 0 radical (unpaired) electrons. The number of carbonyl (C=O) groups excluding carboxylic acids is 1. The van der Waals surface area contributed by atoms with Gasteiger partial charge in [-0.1, -0.05) is 48.0 Å². The Morgan fingerprint density at radius 2 is 1.86 bits per heavy atom. The number of nitrogens with one attached hydrogen (secondary N) is 1. The van der Waals surface area contributed by atoms with Crippen molar-refractivity contribution < 1.29 is 9.53 Å². The third-order valence-electron chi connectivity index (χ3n) is 4.15. The van der Waals surface area contributed by atoms with Crippen LogP contribution in [0.3, 0.4) is 0 Å². The zero-order chi connectivity index (χ0) is 19.8. The monoisotopic (exact) mass is 392 g/mol. The van der Waals surface area contributed by atoms with Crippen molar-refractivity contribution in [2.75, 3.05) is 0 Å². The molecule has 0 bridgehead atoms. The molecule has 1 atom stereocenters. The zero-order valence-corrected chi connectivity index (χ0v) is 16.3. The summed E-state index contributed by atoms with van der Waals surface area (Å²) in [7, 11) is 0. The van der Waals surface area contributed by atoms with Gasteiger partial charge in [0, 0.05) is 17.3 Å². The lowest BCUT2D eigenvalue weighted by Crippen LogP contribution is -2.24. The van der Waals surface area contributed by atoms with E-state index in [0.717, 1.165) is 22.6 Å². The highest BCUT2D eigenvalue weighted by atomic mass is 35.5. The summed E-state index contributed by atoms with van der Waals surface area (Å²) in [5.74, 6) is 0.572. The van der Waals surface area contributed by atoms with Crippen molar-refractivity contribution in [3.63, 3.8) is 0 Å². The standard InChI is InChI=1S/C23H21ClN2O2/c1-17(21-7-2-3-8-22(21)24)26-23(27)14-11-18-9-12-20(13-10-18)28-16-19-6-4-5-15-25-19/h2-15,17H,16H2,1H3,(H,26,27)/b14-11+. The second-order valence-corrected chi connectivity index (χ2v) is 6.67. The Hall–Kier alpha value is -3.11. The van der Waals surface area contributed by atoms with Crippen LogP contribution in [-0.2, 0) is 11.4 Å². The second kappa shape index (κ2) is 9.72. The van der Waals surface area contributed by atoms with E-state index in [1.54, 1.807) is 12.3 Å². The summed E-state index contributed by atoms with van der Waals surface area (Å²) in [4.78, 5) is 16.4. The molecule has 3 aromatic rings. The molecule has 0 saturated carbocycles. The number of aromatic nitrogens is 1. The maximum absolute atomic E-state index is 12.2. The van der Waals surface area contributed by atoms with E-state index < -0.39 is 0 Å². The molecular weight excluding hydrogens is 372 g/mol. The average molecular weight is 393 g/mol. The van der Waals surface area contributed by atoms with E-state index in [-0.39, 0.29) is 11.9 Å². The molecule has 1 amide bonds. The molecular formula is C23H21ClN2O2. The van der Waals surface area contributed by atoms with Crippen LogP contribution in [0, 0.1) is 0 Å². The van der Waals surface area contributed by atoms with Gasteiger partial charge in [0.05, 0.1) is 11.7 Å². The molecule has 0 spiro atoms. The van der Waals surface area contributed by atoms with Gasteiger partial charge in [0.15, 0.2) is 0 Å². The van der Waals surface area contributed by atoms with Crippen molar-refractivity contribution in [3.8, 4) is 5.75 Å². The van der Waals surface area contributed by atoms with Gasteiger partial charge in [-0.3, -0.25) is 9.78 Å². The van der Waals surface area contributed by atoms with E-state index in [2.05, 4.69) is 10.3 Å². The molecule has 0 aliphatic heterocycles. The first-order valence-corrected chi connectivity index (χ1v) is 9.35. The van der Waals surface area contributed by atoms with E-state index in [1.165, 1.54) is 6.08 Å². The Morgan fingerprint density at radius 3 is 2.57 bits per heavy atom. The van der Waals surface area contributed by atoms with Crippen LogP contribution in [-0.4, -0.2) is 10.9 Å². The van der Waals surface area contributed by atoms with Gasteiger partial charge in [0.25, 0.3) is 0 Å². The van der Waals surface area contributed by atoms with Crippen molar-refractivity contribution in [1.29, 1.82) is 0 Å². The van der Waals surface area contributed by atoms with Crippen LogP contribution in [0.5, 0.6) is 5.75 Å². The molecule has 4 nitrogen and oxygen atoms in total. The highest BCUT2D eigenvalue weighted by Gasteiger charge is 2.10. The molecule has 0 fully saturated rings. The summed E-state index contributed by atoms with van der Waals surface area (Å²) < 4.78 is 5.71. The summed E-state index contributed by atoms with van der Waals surface area (Å²) >= 11 is 6.17. The van der Waals surface area contributed by atoms with E-state index in [4.69, 9.17) is 16.3 Å². The summed E-state index contributed by atoms with van der Waals surface area (Å²) in [6.45, 7) is 2.32. The van der Waals surface area contributed by atoms with Crippen LogP contribution >= 0.6 is 11.6 Å². The third kappa shape index (κ3) is 5.69. The first kappa shape index (κ1) is 19.6. The van der Waals surface area contributed by atoms with Gasteiger partial charge in [-0.15, -0.1) is 0 Å². The fraction of sp³-hybridized carbons (Fsp3) is 0.130. The van der Waals surface area contributed by atoms with Gasteiger partial charge in [-0.05, 0) is 54.5 Å². The molecule has 1 heterocycles. The summed E-state index contributed by atoms with van der Waals surface area (Å²) in [5, 5.41) is 3.55. The minimum atomic E-state index is -0.178. The first-order valence-electron chi connectivity index (χ1n) is 8.97. The molecule has 1 aromatic heterocycles. The molecule has 0 aliphatic carbocycles. The highest BCUT2D eigenvalue weighted by molar-refractivity contribution is 6.31. The molecule has 142 valence electrons. The van der Waals surface area contributed by atoms with E-state index in [9.17, 15) is 4.79 Å². The lowest BCUT2D eigenvalue weighted by molar-refractivity contribution is -0.117. The molecule has 0 aliphatic rings. The minimum absolute atomic E-state index is 0.173. The number of carbonyl (C=O) groups is 1. The molecule has 5 heteroatoms. The van der Waals surface area contributed by atoms with E-state index >= 15 is 0 Å². The average Bonchev–Trinajstić information content (AvgIpc) is 2.72. The Balaban J connectivity index is 1.52. The predicted octanol–water partition coefficient (Wildman–Crippen LogP) is 5.20. The van der Waals surface area contributed by atoms with E-state index in [1.807, 2.05) is 73.7 Å². The van der Waals surface area contributed by atoms with Crippen molar-refractivity contribution in [3.05, 3.63) is 101 Å². The normalized spacial score (nSPS) is 11.9. The second-order valence-electron chi connectivity index (χ2n) is 6.26. The Kier molecular flexibility index (Phi) is 6.82. The van der Waals surface area contributed by atoms with Crippen molar-refractivity contribution in [2.24, 2.45) is 0 Å². The fourth-order valence-corrected chi connectivity index (χ4v) is 2.95. The van der Waals surface area contributed by atoms with Crippen molar-refractivity contribution in [1.82, 2.24) is 10.3 Å². The minimum Gasteiger partial charge on any atom is -0.487 e.